The molecule has 0 fully saturated rings. The second kappa shape index (κ2) is 7.21. The van der Waals surface area contributed by atoms with Gasteiger partial charge < -0.3 is 0 Å². The van der Waals surface area contributed by atoms with Gasteiger partial charge in [0.25, 0.3) is 10.1 Å². The van der Waals surface area contributed by atoms with E-state index in [1.54, 1.807) is 0 Å². The molecule has 1 rings (SSSR count). The fourth-order valence-corrected chi connectivity index (χ4v) is 2.40. The summed E-state index contributed by atoms with van der Waals surface area (Å²) in [5.74, 6) is -35.7. The first-order chi connectivity index (χ1) is 12.6. The first kappa shape index (κ1) is 25.3. The van der Waals surface area contributed by atoms with Gasteiger partial charge in [-0.1, -0.05) is 12.1 Å². The third kappa shape index (κ3) is 4.13. The Morgan fingerprint density at radius 1 is 0.759 bits per heavy atom. The Morgan fingerprint density at radius 3 is 1.52 bits per heavy atom. The van der Waals surface area contributed by atoms with Crippen molar-refractivity contribution in [3.05, 3.63) is 29.8 Å². The topological polar surface area (TPSA) is 54.4 Å². The maximum atomic E-state index is 13.7. The van der Waals surface area contributed by atoms with Gasteiger partial charge in [-0.15, -0.1) is 0 Å². The van der Waals surface area contributed by atoms with Crippen molar-refractivity contribution in [1.82, 2.24) is 0 Å². The minimum atomic E-state index is -7.63. The van der Waals surface area contributed by atoms with E-state index in [-0.39, 0.29) is 0 Å². The molecule has 0 bridgehead atoms. The Kier molecular flexibility index (Phi) is 6.30. The van der Waals surface area contributed by atoms with Crippen LogP contribution in [0.4, 0.5) is 52.7 Å². The van der Waals surface area contributed by atoms with Crippen molar-refractivity contribution >= 4 is 10.1 Å². The van der Waals surface area contributed by atoms with Gasteiger partial charge in [-0.2, -0.15) is 52.3 Å². The van der Waals surface area contributed by atoms with E-state index in [0.29, 0.717) is 24.3 Å². The molecule has 0 aromatic heterocycles. The monoisotopic (exact) mass is 472 g/mol. The van der Waals surface area contributed by atoms with Gasteiger partial charge in [0.15, 0.2) is 0 Å². The molecule has 0 aliphatic rings. The van der Waals surface area contributed by atoms with Crippen LogP contribution in [0.25, 0.3) is 0 Å². The summed E-state index contributed by atoms with van der Waals surface area (Å²) in [5.41, 5.74) is -1.07. The summed E-state index contributed by atoms with van der Waals surface area (Å²) in [6.45, 7) is 0. The molecule has 1 N–H and O–H groups in total. The summed E-state index contributed by atoms with van der Waals surface area (Å²) in [4.78, 5) is -0.940. The number of benzene rings is 1. The van der Waals surface area contributed by atoms with Gasteiger partial charge in [0.1, 0.15) is 0 Å². The number of hydrogen-bond donors (Lipinski definition) is 1. The summed E-state index contributed by atoms with van der Waals surface area (Å²) in [6, 6.07) is 1.32. The summed E-state index contributed by atoms with van der Waals surface area (Å²) >= 11 is 0. The average Bonchev–Trinajstić information content (AvgIpc) is 2.53. The van der Waals surface area contributed by atoms with Crippen LogP contribution in [0.5, 0.6) is 0 Å². The highest BCUT2D eigenvalue weighted by Gasteiger charge is 2.87. The Labute approximate surface area is 154 Å². The van der Waals surface area contributed by atoms with Crippen LogP contribution in [0.3, 0.4) is 0 Å². The van der Waals surface area contributed by atoms with E-state index in [0.717, 1.165) is 0 Å². The lowest BCUT2D eigenvalue weighted by molar-refractivity contribution is -0.412. The van der Waals surface area contributed by atoms with Crippen molar-refractivity contribution < 1.29 is 65.7 Å². The fourth-order valence-electron chi connectivity index (χ4n) is 1.92. The molecule has 0 aliphatic carbocycles. The molecule has 16 heteroatoms. The lowest BCUT2D eigenvalue weighted by atomic mass is 9.91. The third-order valence-electron chi connectivity index (χ3n) is 3.59. The van der Waals surface area contributed by atoms with Crippen LogP contribution >= 0.6 is 0 Å². The first-order valence-corrected chi connectivity index (χ1v) is 8.30. The molecule has 0 saturated carbocycles. The molecule has 0 heterocycles. The molecule has 29 heavy (non-hydrogen) atoms. The van der Waals surface area contributed by atoms with E-state index in [9.17, 15) is 61.1 Å². The molecule has 0 spiro atoms. The Balaban J connectivity index is 3.34. The maximum absolute atomic E-state index is 13.7. The highest BCUT2D eigenvalue weighted by atomic mass is 32.2. The largest absolute Gasteiger partial charge is 0.384 e. The fraction of sp³-hybridized carbons (Fsp3) is 0.538. The van der Waals surface area contributed by atoms with Crippen LogP contribution in [0.2, 0.25) is 0 Å². The van der Waals surface area contributed by atoms with Crippen LogP contribution in [-0.4, -0.2) is 49.0 Å². The molecular weight excluding hydrogens is 464 g/mol. The van der Waals surface area contributed by atoms with Crippen LogP contribution in [0, 0.1) is 0 Å². The van der Waals surface area contributed by atoms with Crippen molar-refractivity contribution in [2.45, 2.75) is 47.4 Å². The summed E-state index contributed by atoms with van der Waals surface area (Å²) in [7, 11) is -4.87. The van der Waals surface area contributed by atoms with Crippen molar-refractivity contribution in [1.29, 1.82) is 0 Å². The SMILES string of the molecule is O=S(=O)(O)c1ccc(CC(F)(F)C(F)(F)C(F)(F)C(F)(F)C(F)(F)C(F)F)cc1. The second-order valence-corrected chi connectivity index (χ2v) is 7.07. The van der Waals surface area contributed by atoms with Gasteiger partial charge in [-0.25, -0.2) is 8.78 Å². The molecule has 0 saturated heterocycles. The molecule has 0 radical (unpaired) electrons. The van der Waals surface area contributed by atoms with Crippen molar-refractivity contribution in [3.63, 3.8) is 0 Å². The van der Waals surface area contributed by atoms with E-state index in [4.69, 9.17) is 4.55 Å². The highest BCUT2D eigenvalue weighted by molar-refractivity contribution is 7.85. The van der Waals surface area contributed by atoms with E-state index >= 15 is 0 Å². The van der Waals surface area contributed by atoms with Crippen molar-refractivity contribution in [2.75, 3.05) is 0 Å². The van der Waals surface area contributed by atoms with E-state index in [2.05, 4.69) is 0 Å². The zero-order chi connectivity index (χ0) is 23.3. The predicted molar refractivity (Wildman–Crippen MR) is 70.7 cm³/mol. The van der Waals surface area contributed by atoms with Crippen molar-refractivity contribution in [2.24, 2.45) is 0 Å². The molecule has 0 unspecified atom stereocenters. The highest BCUT2D eigenvalue weighted by Crippen LogP contribution is 2.58. The van der Waals surface area contributed by atoms with Gasteiger partial charge in [0.2, 0.25) is 0 Å². The molecule has 1 aromatic carbocycles. The molecule has 0 amide bonds. The molecule has 0 atom stereocenters. The number of alkyl halides is 12. The zero-order valence-corrected chi connectivity index (χ0v) is 14.1. The van der Waals surface area contributed by atoms with Crippen LogP contribution in [0.15, 0.2) is 29.2 Å². The van der Waals surface area contributed by atoms with Crippen LogP contribution in [0.1, 0.15) is 5.56 Å². The van der Waals surface area contributed by atoms with Gasteiger partial charge >= 0.3 is 36.0 Å². The standard InChI is InChI=1S/C13H8F12O3S/c14-8(15)10(18,19)12(22,23)13(24,25)11(20,21)9(16,17)5-6-1-3-7(4-2-6)29(26,27)28/h1-4,8H,5H2,(H,26,27,28). The van der Waals surface area contributed by atoms with Gasteiger partial charge in [-0.3, -0.25) is 4.55 Å². The normalized spacial score (nSPS) is 15.1. The number of rotatable bonds is 8. The lowest BCUT2D eigenvalue weighted by Crippen LogP contribution is -2.68. The molecule has 1 aromatic rings. The third-order valence-corrected chi connectivity index (χ3v) is 4.46. The minimum absolute atomic E-state index is 0.303. The summed E-state index contributed by atoms with van der Waals surface area (Å²) in [6.07, 6.45) is -8.08. The maximum Gasteiger partial charge on any atom is 0.384 e. The smallest absolute Gasteiger partial charge is 0.282 e. The molecule has 168 valence electrons. The Hall–Kier alpha value is -1.71. The molecule has 3 nitrogen and oxygen atoms in total. The predicted octanol–water partition coefficient (Wildman–Crippen LogP) is 4.92. The summed E-state index contributed by atoms with van der Waals surface area (Å²) < 4.78 is 187. The summed E-state index contributed by atoms with van der Waals surface area (Å²) in [5, 5.41) is 0. The number of halogens is 12. The van der Waals surface area contributed by atoms with Gasteiger partial charge in [-0.05, 0) is 17.7 Å². The quantitative estimate of drug-likeness (QED) is 0.432. The average molecular weight is 472 g/mol. The molecule has 0 aliphatic heterocycles. The second-order valence-electron chi connectivity index (χ2n) is 5.65. The first-order valence-electron chi connectivity index (χ1n) is 6.86. The van der Waals surface area contributed by atoms with Gasteiger partial charge in [0.05, 0.1) is 4.90 Å². The van der Waals surface area contributed by atoms with Gasteiger partial charge in [0, 0.05) is 6.42 Å². The number of hydrogen-bond acceptors (Lipinski definition) is 2. The minimum Gasteiger partial charge on any atom is -0.282 e. The van der Waals surface area contributed by atoms with E-state index in [1.807, 2.05) is 0 Å². The zero-order valence-electron chi connectivity index (χ0n) is 13.3. The Bertz CT molecular complexity index is 833. The Morgan fingerprint density at radius 2 is 1.17 bits per heavy atom. The van der Waals surface area contributed by atoms with E-state index < -0.39 is 63.0 Å². The van der Waals surface area contributed by atoms with Crippen LogP contribution < -0.4 is 0 Å². The lowest BCUT2D eigenvalue weighted by Gasteiger charge is -2.39. The molecular formula is C13H8F12O3S. The van der Waals surface area contributed by atoms with Crippen molar-refractivity contribution in [3.8, 4) is 0 Å². The van der Waals surface area contributed by atoms with Crippen LogP contribution in [-0.2, 0) is 16.5 Å². The van der Waals surface area contributed by atoms with E-state index in [1.165, 1.54) is 0 Å².